The van der Waals surface area contributed by atoms with Gasteiger partial charge >= 0.3 is 5.97 Å². The third-order valence-electron chi connectivity index (χ3n) is 4.09. The fraction of sp³-hybridized carbons (Fsp3) is 0.150. The van der Waals surface area contributed by atoms with Crippen LogP contribution in [0.2, 0.25) is 0 Å². The number of aromatic nitrogens is 1. The smallest absolute Gasteiger partial charge is 0.338 e. The van der Waals surface area contributed by atoms with Crippen LogP contribution in [0.25, 0.3) is 11.5 Å². The monoisotopic (exact) mass is 396 g/mol. The second kappa shape index (κ2) is 7.77. The highest BCUT2D eigenvalue weighted by molar-refractivity contribution is 8.00. The van der Waals surface area contributed by atoms with Crippen molar-refractivity contribution in [2.24, 2.45) is 0 Å². The largest absolute Gasteiger partial charge is 0.497 e. The van der Waals surface area contributed by atoms with Crippen molar-refractivity contribution in [3.05, 3.63) is 60.0 Å². The molecule has 4 rings (SSSR count). The Bertz CT molecular complexity index is 1030. The Morgan fingerprint density at radius 3 is 2.86 bits per heavy atom. The molecule has 142 valence electrons. The number of hydrogen-bond acceptors (Lipinski definition) is 7. The molecule has 1 amide bonds. The minimum absolute atomic E-state index is 0.0172. The minimum Gasteiger partial charge on any atom is -0.497 e. The molecule has 1 aliphatic heterocycles. The van der Waals surface area contributed by atoms with Crippen LogP contribution in [-0.2, 0) is 16.1 Å². The third-order valence-corrected chi connectivity index (χ3v) is 5.16. The number of methoxy groups -OCH3 is 1. The van der Waals surface area contributed by atoms with Crippen LogP contribution in [0.1, 0.15) is 16.1 Å². The maximum absolute atomic E-state index is 12.3. The van der Waals surface area contributed by atoms with E-state index in [4.69, 9.17) is 13.9 Å². The first-order valence-electron chi connectivity index (χ1n) is 8.45. The first-order valence-corrected chi connectivity index (χ1v) is 9.43. The molecule has 0 fully saturated rings. The lowest BCUT2D eigenvalue weighted by Gasteiger charge is -2.16. The molecule has 0 atom stereocenters. The normalized spacial score (nSPS) is 12.8. The molecule has 0 radical (unpaired) electrons. The summed E-state index contributed by atoms with van der Waals surface area (Å²) in [5.41, 5.74) is 2.28. The lowest BCUT2D eigenvalue weighted by molar-refractivity contribution is -0.113. The molecule has 2 heterocycles. The predicted octanol–water partition coefficient (Wildman–Crippen LogP) is 3.75. The van der Waals surface area contributed by atoms with Gasteiger partial charge in [0.25, 0.3) is 0 Å². The number of hydrogen-bond donors (Lipinski definition) is 1. The van der Waals surface area contributed by atoms with Crippen LogP contribution in [-0.4, -0.2) is 29.7 Å². The first-order chi connectivity index (χ1) is 13.6. The number of carbonyl (C=O) groups excluding carboxylic acids is 2. The van der Waals surface area contributed by atoms with Crippen LogP contribution < -0.4 is 10.1 Å². The SMILES string of the molecule is COc1ccc(-c2nc(COC(=O)c3ccc4c(c3)NC(=O)CS4)co2)cc1. The van der Waals surface area contributed by atoms with Crippen molar-refractivity contribution < 1.29 is 23.5 Å². The van der Waals surface area contributed by atoms with Crippen LogP contribution in [0.4, 0.5) is 5.69 Å². The Morgan fingerprint density at radius 1 is 1.25 bits per heavy atom. The van der Waals surface area contributed by atoms with Crippen molar-refractivity contribution in [1.29, 1.82) is 0 Å². The van der Waals surface area contributed by atoms with Gasteiger partial charge in [0.1, 0.15) is 24.3 Å². The number of esters is 1. The highest BCUT2D eigenvalue weighted by Gasteiger charge is 2.18. The average Bonchev–Trinajstić information content (AvgIpc) is 3.20. The molecule has 0 saturated heterocycles. The van der Waals surface area contributed by atoms with E-state index in [-0.39, 0.29) is 12.5 Å². The number of ether oxygens (including phenoxy) is 2. The number of nitrogens with one attached hydrogen (secondary N) is 1. The second-order valence-corrected chi connectivity index (χ2v) is 7.01. The summed E-state index contributed by atoms with van der Waals surface area (Å²) < 4.78 is 15.9. The lowest BCUT2D eigenvalue weighted by Crippen LogP contribution is -2.19. The number of anilines is 1. The Kier molecular flexibility index (Phi) is 5.03. The molecule has 28 heavy (non-hydrogen) atoms. The zero-order chi connectivity index (χ0) is 19.5. The van der Waals surface area contributed by atoms with Gasteiger partial charge in [-0.1, -0.05) is 0 Å². The van der Waals surface area contributed by atoms with Gasteiger partial charge in [-0.25, -0.2) is 9.78 Å². The molecule has 1 aliphatic rings. The number of fused-ring (bicyclic) bond motifs is 1. The predicted molar refractivity (Wildman–Crippen MR) is 103 cm³/mol. The highest BCUT2D eigenvalue weighted by Crippen LogP contribution is 2.32. The number of carbonyl (C=O) groups is 2. The van der Waals surface area contributed by atoms with Crippen molar-refractivity contribution in [3.8, 4) is 17.2 Å². The van der Waals surface area contributed by atoms with E-state index in [1.54, 1.807) is 25.3 Å². The Hall–Kier alpha value is -3.26. The summed E-state index contributed by atoms with van der Waals surface area (Å²) in [4.78, 5) is 29.1. The summed E-state index contributed by atoms with van der Waals surface area (Å²) in [6.45, 7) is -0.0172. The molecular formula is C20H16N2O5S. The summed E-state index contributed by atoms with van der Waals surface area (Å²) in [5.74, 6) is 0.962. The Morgan fingerprint density at radius 2 is 2.07 bits per heavy atom. The van der Waals surface area contributed by atoms with Crippen LogP contribution in [0.5, 0.6) is 5.75 Å². The molecule has 3 aromatic rings. The number of amides is 1. The van der Waals surface area contributed by atoms with Crippen LogP contribution in [0, 0.1) is 0 Å². The van der Waals surface area contributed by atoms with Gasteiger partial charge in [-0.2, -0.15) is 0 Å². The molecular weight excluding hydrogens is 380 g/mol. The van der Waals surface area contributed by atoms with Crippen molar-refractivity contribution in [3.63, 3.8) is 0 Å². The molecule has 8 heteroatoms. The van der Waals surface area contributed by atoms with E-state index in [1.807, 2.05) is 24.3 Å². The Balaban J connectivity index is 1.40. The molecule has 2 aromatic carbocycles. The van der Waals surface area contributed by atoms with E-state index in [0.717, 1.165) is 16.2 Å². The number of oxazole rings is 1. The van der Waals surface area contributed by atoms with Gasteiger partial charge in [0.2, 0.25) is 11.8 Å². The fourth-order valence-corrected chi connectivity index (χ4v) is 3.46. The van der Waals surface area contributed by atoms with Crippen molar-refractivity contribution in [1.82, 2.24) is 4.98 Å². The lowest BCUT2D eigenvalue weighted by atomic mass is 10.2. The summed E-state index contributed by atoms with van der Waals surface area (Å²) in [6, 6.07) is 12.4. The number of thioether (sulfide) groups is 1. The van der Waals surface area contributed by atoms with E-state index in [0.29, 0.717) is 28.6 Å². The van der Waals surface area contributed by atoms with E-state index < -0.39 is 5.97 Å². The Labute approximate surface area is 165 Å². The van der Waals surface area contributed by atoms with Crippen LogP contribution in [0.3, 0.4) is 0 Å². The summed E-state index contributed by atoms with van der Waals surface area (Å²) in [7, 11) is 1.60. The van der Waals surface area contributed by atoms with Crippen molar-refractivity contribution in [2.75, 3.05) is 18.2 Å². The zero-order valence-electron chi connectivity index (χ0n) is 14.9. The number of rotatable bonds is 5. The van der Waals surface area contributed by atoms with Gasteiger partial charge in [0, 0.05) is 10.5 Å². The van der Waals surface area contributed by atoms with Gasteiger partial charge in [0.15, 0.2) is 0 Å². The van der Waals surface area contributed by atoms with Crippen molar-refractivity contribution >= 4 is 29.3 Å². The van der Waals surface area contributed by atoms with E-state index >= 15 is 0 Å². The molecule has 1 aromatic heterocycles. The van der Waals surface area contributed by atoms with Gasteiger partial charge in [-0.05, 0) is 42.5 Å². The number of benzene rings is 2. The quantitative estimate of drug-likeness (QED) is 0.657. The standard InChI is InChI=1S/C20H16N2O5S/c1-25-15-5-2-12(3-6-15)19-21-14(9-26-19)10-27-20(24)13-4-7-17-16(8-13)22-18(23)11-28-17/h2-9H,10-11H2,1H3,(H,22,23). The van der Waals surface area contributed by atoms with E-state index in [1.165, 1.54) is 18.0 Å². The van der Waals surface area contributed by atoms with Crippen molar-refractivity contribution in [2.45, 2.75) is 11.5 Å². The maximum atomic E-state index is 12.3. The molecule has 1 N–H and O–H groups in total. The van der Waals surface area contributed by atoms with Gasteiger partial charge < -0.3 is 19.2 Å². The molecule has 7 nitrogen and oxygen atoms in total. The molecule has 0 spiro atoms. The number of nitrogens with zero attached hydrogens (tertiary/aromatic N) is 1. The topological polar surface area (TPSA) is 90.7 Å². The van der Waals surface area contributed by atoms with Crippen LogP contribution >= 0.6 is 11.8 Å². The average molecular weight is 396 g/mol. The fourth-order valence-electron chi connectivity index (χ4n) is 2.67. The maximum Gasteiger partial charge on any atom is 0.338 e. The van der Waals surface area contributed by atoms with Gasteiger partial charge in [-0.3, -0.25) is 4.79 Å². The molecule has 0 unspecified atom stereocenters. The highest BCUT2D eigenvalue weighted by atomic mass is 32.2. The van der Waals surface area contributed by atoms with E-state index in [9.17, 15) is 9.59 Å². The summed E-state index contributed by atoms with van der Waals surface area (Å²) in [5, 5.41) is 2.75. The van der Waals surface area contributed by atoms with Crippen LogP contribution in [0.15, 0.2) is 58.0 Å². The minimum atomic E-state index is -0.499. The van der Waals surface area contributed by atoms with Gasteiger partial charge in [0.05, 0.1) is 24.1 Å². The third kappa shape index (κ3) is 3.86. The molecule has 0 saturated carbocycles. The second-order valence-electron chi connectivity index (χ2n) is 6.00. The van der Waals surface area contributed by atoms with Gasteiger partial charge in [-0.15, -0.1) is 11.8 Å². The summed E-state index contributed by atoms with van der Waals surface area (Å²) >= 11 is 1.44. The molecule has 0 bridgehead atoms. The first kappa shape index (κ1) is 18.1. The zero-order valence-corrected chi connectivity index (χ0v) is 15.7. The summed E-state index contributed by atoms with van der Waals surface area (Å²) in [6.07, 6.45) is 1.45. The van der Waals surface area contributed by atoms with E-state index in [2.05, 4.69) is 10.3 Å². The molecule has 0 aliphatic carbocycles.